The van der Waals surface area contributed by atoms with Crippen molar-refractivity contribution in [2.45, 2.75) is 13.5 Å². The number of nitro benzene ring substituents is 1. The highest BCUT2D eigenvalue weighted by Crippen LogP contribution is 2.17. The third kappa shape index (κ3) is 5.02. The van der Waals surface area contributed by atoms with Gasteiger partial charge in [0.1, 0.15) is 6.54 Å². The molecule has 3 aromatic rings. The van der Waals surface area contributed by atoms with Gasteiger partial charge in [0.2, 0.25) is 0 Å². The summed E-state index contributed by atoms with van der Waals surface area (Å²) in [5.41, 5.74) is 1.40. The van der Waals surface area contributed by atoms with Crippen LogP contribution in [0.5, 0.6) is 0 Å². The van der Waals surface area contributed by atoms with Gasteiger partial charge in [-0.2, -0.15) is 4.99 Å². The van der Waals surface area contributed by atoms with E-state index in [9.17, 15) is 19.7 Å². The van der Waals surface area contributed by atoms with E-state index < -0.39 is 16.8 Å². The fraction of sp³-hybridized carbons (Fsp3) is 0.150. The highest BCUT2D eigenvalue weighted by Gasteiger charge is 2.11. The quantitative estimate of drug-likeness (QED) is 0.268. The fourth-order valence-corrected chi connectivity index (χ4v) is 3.64. The molecule has 0 aliphatic rings. The fourth-order valence-electron chi connectivity index (χ4n) is 2.60. The molecule has 0 unspecified atom stereocenters. The van der Waals surface area contributed by atoms with E-state index in [4.69, 9.17) is 4.74 Å². The molecular formula is C20H17N3O5S. The van der Waals surface area contributed by atoms with E-state index in [0.29, 0.717) is 10.4 Å². The highest BCUT2D eigenvalue weighted by atomic mass is 32.1. The van der Waals surface area contributed by atoms with Crippen molar-refractivity contribution >= 4 is 45.2 Å². The Morgan fingerprint density at radius 3 is 2.62 bits per heavy atom. The molecule has 148 valence electrons. The van der Waals surface area contributed by atoms with Crippen molar-refractivity contribution in [2.75, 3.05) is 6.61 Å². The van der Waals surface area contributed by atoms with Gasteiger partial charge < -0.3 is 9.30 Å². The van der Waals surface area contributed by atoms with Gasteiger partial charge in [0.15, 0.2) is 4.80 Å². The van der Waals surface area contributed by atoms with Crippen LogP contribution in [0.15, 0.2) is 59.6 Å². The average Bonchev–Trinajstić information content (AvgIpc) is 3.04. The Kier molecular flexibility index (Phi) is 6.30. The first kappa shape index (κ1) is 20.2. The molecule has 9 heteroatoms. The largest absolute Gasteiger partial charge is 0.465 e. The maximum Gasteiger partial charge on any atom is 0.326 e. The zero-order valence-corrected chi connectivity index (χ0v) is 16.3. The van der Waals surface area contributed by atoms with Gasteiger partial charge in [-0.1, -0.05) is 23.5 Å². The monoisotopic (exact) mass is 411 g/mol. The predicted molar refractivity (Wildman–Crippen MR) is 109 cm³/mol. The number of esters is 1. The summed E-state index contributed by atoms with van der Waals surface area (Å²) in [5, 5.41) is 10.7. The summed E-state index contributed by atoms with van der Waals surface area (Å²) in [6.45, 7) is 1.95. The molecule has 1 heterocycles. The maximum atomic E-state index is 12.3. The molecule has 3 rings (SSSR count). The zero-order chi connectivity index (χ0) is 20.8. The lowest BCUT2D eigenvalue weighted by molar-refractivity contribution is -0.384. The second kappa shape index (κ2) is 9.07. The Bertz CT molecular complexity index is 1160. The van der Waals surface area contributed by atoms with E-state index in [0.717, 1.165) is 10.2 Å². The Morgan fingerprint density at radius 1 is 1.21 bits per heavy atom. The lowest BCUT2D eigenvalue weighted by Crippen LogP contribution is -2.22. The number of para-hydroxylation sites is 1. The number of amides is 1. The van der Waals surface area contributed by atoms with E-state index in [-0.39, 0.29) is 18.8 Å². The molecule has 0 fully saturated rings. The summed E-state index contributed by atoms with van der Waals surface area (Å²) in [6.07, 6.45) is 2.80. The number of aromatic nitrogens is 1. The third-order valence-electron chi connectivity index (χ3n) is 3.91. The smallest absolute Gasteiger partial charge is 0.326 e. The first-order valence-corrected chi connectivity index (χ1v) is 9.55. The zero-order valence-electron chi connectivity index (χ0n) is 15.5. The van der Waals surface area contributed by atoms with Crippen molar-refractivity contribution < 1.29 is 19.2 Å². The van der Waals surface area contributed by atoms with Crippen LogP contribution in [0.1, 0.15) is 12.5 Å². The van der Waals surface area contributed by atoms with Gasteiger partial charge in [-0.15, -0.1) is 0 Å². The number of nitro groups is 1. The first-order chi connectivity index (χ1) is 14.0. The molecule has 1 amide bonds. The number of rotatable bonds is 6. The summed E-state index contributed by atoms with van der Waals surface area (Å²) in [6, 6.07) is 13.3. The number of hydrogen-bond acceptors (Lipinski definition) is 6. The molecule has 1 aromatic heterocycles. The van der Waals surface area contributed by atoms with Crippen LogP contribution in [0.2, 0.25) is 0 Å². The molecule has 0 spiro atoms. The summed E-state index contributed by atoms with van der Waals surface area (Å²) < 4.78 is 7.55. The van der Waals surface area contributed by atoms with Gasteiger partial charge in [0.25, 0.3) is 11.6 Å². The van der Waals surface area contributed by atoms with Crippen LogP contribution in [0.25, 0.3) is 16.3 Å². The SMILES string of the molecule is CCOC(=O)Cn1c(=NC(=O)/C=C\c2ccc([N+](=O)[O-])cc2)sc2ccccc21. The number of benzene rings is 2. The molecule has 2 aromatic carbocycles. The van der Waals surface area contributed by atoms with Crippen LogP contribution < -0.4 is 4.80 Å². The topological polar surface area (TPSA) is 104 Å². The van der Waals surface area contributed by atoms with Crippen molar-refractivity contribution in [3.63, 3.8) is 0 Å². The first-order valence-electron chi connectivity index (χ1n) is 8.73. The lowest BCUT2D eigenvalue weighted by Gasteiger charge is -2.04. The van der Waals surface area contributed by atoms with Gasteiger partial charge in [-0.05, 0) is 42.8 Å². The van der Waals surface area contributed by atoms with Crippen LogP contribution in [-0.4, -0.2) is 28.0 Å². The van der Waals surface area contributed by atoms with Crippen molar-refractivity contribution in [3.8, 4) is 0 Å². The maximum absolute atomic E-state index is 12.3. The molecule has 8 nitrogen and oxygen atoms in total. The summed E-state index contributed by atoms with van der Waals surface area (Å²) in [4.78, 5) is 39.0. The molecule has 0 radical (unpaired) electrons. The molecule has 0 saturated heterocycles. The molecule has 0 aliphatic carbocycles. The minimum absolute atomic E-state index is 0.0246. The molecule has 0 N–H and O–H groups in total. The predicted octanol–water partition coefficient (Wildman–Crippen LogP) is 3.31. The van der Waals surface area contributed by atoms with Gasteiger partial charge in [-0.25, -0.2) is 0 Å². The lowest BCUT2D eigenvalue weighted by atomic mass is 10.2. The Balaban J connectivity index is 1.89. The van der Waals surface area contributed by atoms with E-state index in [1.165, 1.54) is 35.6 Å². The number of fused-ring (bicyclic) bond motifs is 1. The second-order valence-corrected chi connectivity index (χ2v) is 6.88. The van der Waals surface area contributed by atoms with Gasteiger partial charge >= 0.3 is 5.97 Å². The molecule has 0 saturated carbocycles. The van der Waals surface area contributed by atoms with Crippen LogP contribution >= 0.6 is 11.3 Å². The van der Waals surface area contributed by atoms with Crippen LogP contribution in [0.3, 0.4) is 0 Å². The Labute approximate surface area is 169 Å². The van der Waals surface area contributed by atoms with Crippen LogP contribution in [0.4, 0.5) is 5.69 Å². The number of non-ortho nitro benzene ring substituents is 1. The molecule has 0 atom stereocenters. The molecule has 0 aliphatic heterocycles. The number of hydrogen-bond donors (Lipinski definition) is 0. The molecule has 29 heavy (non-hydrogen) atoms. The number of nitrogens with zero attached hydrogens (tertiary/aromatic N) is 3. The number of carbonyl (C=O) groups is 2. The number of ether oxygens (including phenoxy) is 1. The molecule has 0 bridgehead atoms. The summed E-state index contributed by atoms with van der Waals surface area (Å²) in [5.74, 6) is -0.918. The number of carbonyl (C=O) groups excluding carboxylic acids is 2. The van der Waals surface area contributed by atoms with Crippen LogP contribution in [-0.2, 0) is 20.9 Å². The van der Waals surface area contributed by atoms with Gasteiger partial charge in [0.05, 0.1) is 21.7 Å². The minimum Gasteiger partial charge on any atom is -0.465 e. The van der Waals surface area contributed by atoms with E-state index in [1.807, 2.05) is 24.3 Å². The minimum atomic E-state index is -0.507. The van der Waals surface area contributed by atoms with Crippen molar-refractivity contribution in [1.29, 1.82) is 0 Å². The second-order valence-electron chi connectivity index (χ2n) is 5.88. The van der Waals surface area contributed by atoms with Crippen molar-refractivity contribution in [3.05, 3.63) is 75.1 Å². The van der Waals surface area contributed by atoms with E-state index >= 15 is 0 Å². The van der Waals surface area contributed by atoms with Gasteiger partial charge in [-0.3, -0.25) is 19.7 Å². The average molecular weight is 411 g/mol. The van der Waals surface area contributed by atoms with E-state index in [2.05, 4.69) is 4.99 Å². The van der Waals surface area contributed by atoms with Crippen molar-refractivity contribution in [2.24, 2.45) is 4.99 Å². The Hall–Kier alpha value is -3.59. The standard InChI is InChI=1S/C20H17N3O5S/c1-2-28-19(25)13-22-16-5-3-4-6-17(16)29-20(22)21-18(24)12-9-14-7-10-15(11-8-14)23(26)27/h3-12H,2,13H2,1H3/b12-9-,21-20?. The van der Waals surface area contributed by atoms with Gasteiger partial charge in [0, 0.05) is 18.2 Å². The van der Waals surface area contributed by atoms with E-state index in [1.54, 1.807) is 23.6 Å². The molecular weight excluding hydrogens is 394 g/mol. The third-order valence-corrected chi connectivity index (χ3v) is 4.97. The number of thiazole rings is 1. The Morgan fingerprint density at radius 2 is 1.93 bits per heavy atom. The van der Waals surface area contributed by atoms with Crippen molar-refractivity contribution in [1.82, 2.24) is 4.57 Å². The normalized spacial score (nSPS) is 11.8. The van der Waals surface area contributed by atoms with Crippen LogP contribution in [0, 0.1) is 10.1 Å². The summed E-state index contributed by atoms with van der Waals surface area (Å²) >= 11 is 1.30. The highest BCUT2D eigenvalue weighted by molar-refractivity contribution is 7.16. The summed E-state index contributed by atoms with van der Waals surface area (Å²) in [7, 11) is 0.